The summed E-state index contributed by atoms with van der Waals surface area (Å²) in [5.74, 6) is 1.02. The molecule has 1 aromatic carbocycles. The van der Waals surface area contributed by atoms with E-state index < -0.39 is 0 Å². The molecule has 2 atom stereocenters. The van der Waals surface area contributed by atoms with Gasteiger partial charge in [0.05, 0.1) is 12.7 Å². The highest BCUT2D eigenvalue weighted by Crippen LogP contribution is 2.37. The summed E-state index contributed by atoms with van der Waals surface area (Å²) in [5.41, 5.74) is 8.82. The van der Waals surface area contributed by atoms with Crippen molar-refractivity contribution in [3.8, 4) is 5.75 Å². The number of ether oxygens (including phenoxy) is 2. The second-order valence-electron chi connectivity index (χ2n) is 5.75. The van der Waals surface area contributed by atoms with Gasteiger partial charge in [-0.3, -0.25) is 0 Å². The van der Waals surface area contributed by atoms with Crippen molar-refractivity contribution in [2.75, 3.05) is 13.2 Å². The normalized spacial score (nSPS) is 23.2. The molecule has 3 rings (SSSR count). The van der Waals surface area contributed by atoms with Gasteiger partial charge in [0.1, 0.15) is 5.75 Å². The maximum atomic E-state index is 6.40. The maximum absolute atomic E-state index is 6.40. The van der Waals surface area contributed by atoms with E-state index in [0.29, 0.717) is 6.10 Å². The first kappa shape index (κ1) is 14.4. The Bertz CT molecular complexity index is 472. The minimum atomic E-state index is 0.0323. The summed E-state index contributed by atoms with van der Waals surface area (Å²) in [7, 11) is 0. The van der Waals surface area contributed by atoms with Crippen molar-refractivity contribution in [1.82, 2.24) is 0 Å². The zero-order valence-corrected chi connectivity index (χ0v) is 13.3. The molecule has 0 saturated carbocycles. The summed E-state index contributed by atoms with van der Waals surface area (Å²) in [5, 5.41) is 0. The van der Waals surface area contributed by atoms with E-state index in [1.807, 2.05) is 0 Å². The summed E-state index contributed by atoms with van der Waals surface area (Å²) in [6, 6.07) is 4.28. The lowest BCUT2D eigenvalue weighted by Gasteiger charge is -2.24. The highest BCUT2D eigenvalue weighted by atomic mass is 79.9. The van der Waals surface area contributed by atoms with Crippen molar-refractivity contribution < 1.29 is 9.47 Å². The molecule has 3 nitrogen and oxygen atoms in total. The van der Waals surface area contributed by atoms with E-state index in [4.69, 9.17) is 15.2 Å². The standard InChI is InChI=1S/C16H22BrNO2/c17-12-9-11-6-8-20-16(11)14(10-12)15(18)5-4-13-3-1-2-7-19-13/h9-10,13,15H,1-8,18H2. The molecule has 2 aliphatic rings. The van der Waals surface area contributed by atoms with E-state index in [1.54, 1.807) is 0 Å². The van der Waals surface area contributed by atoms with E-state index in [1.165, 1.54) is 24.8 Å². The molecule has 1 aromatic rings. The van der Waals surface area contributed by atoms with E-state index >= 15 is 0 Å². The van der Waals surface area contributed by atoms with Crippen LogP contribution in [0.5, 0.6) is 5.75 Å². The first-order chi connectivity index (χ1) is 9.74. The zero-order valence-electron chi connectivity index (χ0n) is 11.7. The summed E-state index contributed by atoms with van der Waals surface area (Å²) in [4.78, 5) is 0. The van der Waals surface area contributed by atoms with Crippen LogP contribution < -0.4 is 10.5 Å². The molecule has 1 saturated heterocycles. The Hall–Kier alpha value is -0.580. The lowest BCUT2D eigenvalue weighted by Crippen LogP contribution is -2.21. The minimum absolute atomic E-state index is 0.0323. The van der Waals surface area contributed by atoms with Gasteiger partial charge in [0.2, 0.25) is 0 Å². The summed E-state index contributed by atoms with van der Waals surface area (Å²) >= 11 is 3.58. The Kier molecular flexibility index (Phi) is 4.64. The predicted octanol–water partition coefficient (Wildman–Crippen LogP) is 3.73. The van der Waals surface area contributed by atoms with Gasteiger partial charge in [-0.25, -0.2) is 0 Å². The molecule has 2 heterocycles. The molecule has 0 bridgehead atoms. The molecule has 2 unspecified atom stereocenters. The molecule has 0 spiro atoms. The van der Waals surface area contributed by atoms with Crippen molar-refractivity contribution in [2.45, 2.75) is 50.7 Å². The smallest absolute Gasteiger partial charge is 0.127 e. The third kappa shape index (κ3) is 3.18. The number of halogens is 1. The van der Waals surface area contributed by atoms with Crippen LogP contribution in [0.3, 0.4) is 0 Å². The lowest BCUT2D eigenvalue weighted by molar-refractivity contribution is 0.00909. The second kappa shape index (κ2) is 6.46. The van der Waals surface area contributed by atoms with Crippen LogP contribution in [0.1, 0.15) is 49.3 Å². The molecule has 1 fully saturated rings. The van der Waals surface area contributed by atoms with E-state index in [2.05, 4.69) is 28.1 Å². The van der Waals surface area contributed by atoms with Crippen molar-refractivity contribution in [3.63, 3.8) is 0 Å². The zero-order chi connectivity index (χ0) is 13.9. The summed E-state index contributed by atoms with van der Waals surface area (Å²) < 4.78 is 12.6. The van der Waals surface area contributed by atoms with Crippen molar-refractivity contribution in [1.29, 1.82) is 0 Å². The molecule has 20 heavy (non-hydrogen) atoms. The first-order valence-electron chi connectivity index (χ1n) is 7.56. The fourth-order valence-electron chi connectivity index (χ4n) is 3.13. The molecule has 4 heteroatoms. The fourth-order valence-corrected chi connectivity index (χ4v) is 3.65. The number of hydrogen-bond acceptors (Lipinski definition) is 3. The monoisotopic (exact) mass is 339 g/mol. The third-order valence-electron chi connectivity index (χ3n) is 4.25. The molecular weight excluding hydrogens is 318 g/mol. The van der Waals surface area contributed by atoms with Crippen LogP contribution in [0.4, 0.5) is 0 Å². The molecule has 0 amide bonds. The van der Waals surface area contributed by atoms with Gasteiger partial charge in [0, 0.05) is 29.1 Å². The topological polar surface area (TPSA) is 44.5 Å². The van der Waals surface area contributed by atoms with Crippen LogP contribution in [-0.4, -0.2) is 19.3 Å². The highest BCUT2D eigenvalue weighted by molar-refractivity contribution is 9.10. The van der Waals surface area contributed by atoms with Gasteiger partial charge in [-0.2, -0.15) is 0 Å². The average Bonchev–Trinajstić information content (AvgIpc) is 2.93. The number of fused-ring (bicyclic) bond motifs is 1. The van der Waals surface area contributed by atoms with Crippen LogP contribution >= 0.6 is 15.9 Å². The number of nitrogens with two attached hydrogens (primary N) is 1. The highest BCUT2D eigenvalue weighted by Gasteiger charge is 2.22. The van der Waals surface area contributed by atoms with Gasteiger partial charge < -0.3 is 15.2 Å². The van der Waals surface area contributed by atoms with Crippen LogP contribution in [0.2, 0.25) is 0 Å². The van der Waals surface area contributed by atoms with E-state index in [0.717, 1.165) is 48.3 Å². The van der Waals surface area contributed by atoms with Crippen LogP contribution in [-0.2, 0) is 11.2 Å². The predicted molar refractivity (Wildman–Crippen MR) is 83.1 cm³/mol. The van der Waals surface area contributed by atoms with E-state index in [9.17, 15) is 0 Å². The Balaban J connectivity index is 1.66. The van der Waals surface area contributed by atoms with Gasteiger partial charge in [-0.05, 0) is 49.8 Å². The third-order valence-corrected chi connectivity index (χ3v) is 4.71. The van der Waals surface area contributed by atoms with Crippen molar-refractivity contribution >= 4 is 15.9 Å². The molecule has 0 radical (unpaired) electrons. The fraction of sp³-hybridized carbons (Fsp3) is 0.625. The quantitative estimate of drug-likeness (QED) is 0.908. The molecule has 110 valence electrons. The Morgan fingerprint density at radius 3 is 3.00 bits per heavy atom. The van der Waals surface area contributed by atoms with Crippen LogP contribution in [0, 0.1) is 0 Å². The Morgan fingerprint density at radius 2 is 2.20 bits per heavy atom. The van der Waals surface area contributed by atoms with Crippen molar-refractivity contribution in [3.05, 3.63) is 27.7 Å². The molecule has 2 aliphatic heterocycles. The minimum Gasteiger partial charge on any atom is -0.493 e. The summed E-state index contributed by atoms with van der Waals surface area (Å²) in [6.07, 6.45) is 7.06. The van der Waals surface area contributed by atoms with Gasteiger partial charge in [0.15, 0.2) is 0 Å². The largest absolute Gasteiger partial charge is 0.493 e. The van der Waals surface area contributed by atoms with Crippen molar-refractivity contribution in [2.24, 2.45) is 5.73 Å². The van der Waals surface area contributed by atoms with Crippen LogP contribution in [0.15, 0.2) is 16.6 Å². The Labute approximate surface area is 129 Å². The molecule has 0 aromatic heterocycles. The van der Waals surface area contributed by atoms with Gasteiger partial charge in [-0.15, -0.1) is 0 Å². The summed E-state index contributed by atoms with van der Waals surface area (Å²) in [6.45, 7) is 1.69. The Morgan fingerprint density at radius 1 is 1.30 bits per heavy atom. The SMILES string of the molecule is NC(CCC1CCCCO1)c1cc(Br)cc2c1OCC2. The molecular formula is C16H22BrNO2. The first-order valence-corrected chi connectivity index (χ1v) is 8.35. The second-order valence-corrected chi connectivity index (χ2v) is 6.67. The molecule has 0 aliphatic carbocycles. The van der Waals surface area contributed by atoms with Gasteiger partial charge in [-0.1, -0.05) is 15.9 Å². The maximum Gasteiger partial charge on any atom is 0.127 e. The van der Waals surface area contributed by atoms with Crippen LogP contribution in [0.25, 0.3) is 0 Å². The number of rotatable bonds is 4. The van der Waals surface area contributed by atoms with E-state index in [-0.39, 0.29) is 6.04 Å². The number of hydrogen-bond donors (Lipinski definition) is 1. The molecule has 2 N–H and O–H groups in total. The van der Waals surface area contributed by atoms with Gasteiger partial charge in [0.25, 0.3) is 0 Å². The number of benzene rings is 1. The average molecular weight is 340 g/mol. The lowest BCUT2D eigenvalue weighted by atomic mass is 9.96. The van der Waals surface area contributed by atoms with Gasteiger partial charge >= 0.3 is 0 Å².